The Morgan fingerprint density at radius 3 is 2.71 bits per heavy atom. The molecule has 28 heavy (non-hydrogen) atoms. The zero-order valence-electron chi connectivity index (χ0n) is 15.7. The fourth-order valence-corrected chi connectivity index (χ4v) is 3.27. The summed E-state index contributed by atoms with van der Waals surface area (Å²) in [4.78, 5) is 38.8. The molecule has 0 unspecified atom stereocenters. The molecule has 7 heteroatoms. The number of rotatable bonds is 5. The number of aryl methyl sites for hydroxylation is 1. The molecule has 1 aliphatic rings. The molecule has 2 aromatic carbocycles. The Hall–Kier alpha value is -2.86. The zero-order chi connectivity index (χ0) is 20.3. The van der Waals surface area contributed by atoms with Crippen molar-refractivity contribution in [2.24, 2.45) is 5.92 Å². The van der Waals surface area contributed by atoms with Gasteiger partial charge in [-0.25, -0.2) is 4.79 Å². The van der Waals surface area contributed by atoms with Crippen LogP contribution in [0.2, 0.25) is 5.02 Å². The summed E-state index contributed by atoms with van der Waals surface area (Å²) in [6.45, 7) is 4.10. The molecule has 3 rings (SSSR count). The van der Waals surface area contributed by atoms with Gasteiger partial charge in [-0.3, -0.25) is 9.59 Å². The van der Waals surface area contributed by atoms with Gasteiger partial charge in [0.15, 0.2) is 0 Å². The summed E-state index contributed by atoms with van der Waals surface area (Å²) in [5, 5.41) is 3.33. The summed E-state index contributed by atoms with van der Waals surface area (Å²) in [7, 11) is 0. The van der Waals surface area contributed by atoms with Crippen molar-refractivity contribution in [3.63, 3.8) is 0 Å². The molecule has 0 radical (unpaired) electrons. The lowest BCUT2D eigenvalue weighted by atomic mass is 10.1. The number of halogens is 1. The molecule has 0 spiro atoms. The number of nitrogens with zero attached hydrogens (tertiary/aromatic N) is 1. The first-order chi connectivity index (χ1) is 13.4. The van der Waals surface area contributed by atoms with E-state index in [0.717, 1.165) is 5.56 Å². The summed E-state index contributed by atoms with van der Waals surface area (Å²) in [6, 6.07) is 12.0. The largest absolute Gasteiger partial charge is 0.462 e. The molecular formula is C21H21ClN2O4. The van der Waals surface area contributed by atoms with Gasteiger partial charge in [-0.05, 0) is 43.7 Å². The SMILES string of the molecule is CCOC(=O)c1ccccc1NC(=O)[C@@H]1CC(=O)N(c2ccc(C)c(Cl)c2)C1. The van der Waals surface area contributed by atoms with Crippen LogP contribution in [-0.4, -0.2) is 30.9 Å². The second kappa shape index (κ2) is 8.44. The minimum Gasteiger partial charge on any atom is -0.462 e. The molecule has 1 fully saturated rings. The highest BCUT2D eigenvalue weighted by molar-refractivity contribution is 6.31. The van der Waals surface area contributed by atoms with Crippen LogP contribution < -0.4 is 10.2 Å². The van der Waals surface area contributed by atoms with Crippen molar-refractivity contribution in [2.75, 3.05) is 23.4 Å². The summed E-state index contributed by atoms with van der Waals surface area (Å²) in [6.07, 6.45) is 0.0961. The quantitative estimate of drug-likeness (QED) is 0.774. The summed E-state index contributed by atoms with van der Waals surface area (Å²) in [5.41, 5.74) is 2.24. The minimum atomic E-state index is -0.525. The average molecular weight is 401 g/mol. The Balaban J connectivity index is 1.73. The number of para-hydroxylation sites is 1. The lowest BCUT2D eigenvalue weighted by Gasteiger charge is -2.18. The summed E-state index contributed by atoms with van der Waals surface area (Å²) >= 11 is 6.16. The first-order valence-electron chi connectivity index (χ1n) is 9.04. The molecular weight excluding hydrogens is 380 g/mol. The van der Waals surface area contributed by atoms with Gasteiger partial charge >= 0.3 is 5.97 Å². The van der Waals surface area contributed by atoms with Gasteiger partial charge in [0, 0.05) is 23.7 Å². The van der Waals surface area contributed by atoms with Crippen LogP contribution in [0.1, 0.15) is 29.3 Å². The highest BCUT2D eigenvalue weighted by Gasteiger charge is 2.35. The van der Waals surface area contributed by atoms with E-state index in [9.17, 15) is 14.4 Å². The van der Waals surface area contributed by atoms with Crippen LogP contribution in [0.5, 0.6) is 0 Å². The molecule has 1 N–H and O–H groups in total. The van der Waals surface area contributed by atoms with Crippen LogP contribution in [0.4, 0.5) is 11.4 Å². The predicted octanol–water partition coefficient (Wildman–Crippen LogP) is 3.82. The molecule has 2 amide bonds. The van der Waals surface area contributed by atoms with Crippen molar-refractivity contribution in [3.8, 4) is 0 Å². The van der Waals surface area contributed by atoms with Crippen LogP contribution in [0, 0.1) is 12.8 Å². The van der Waals surface area contributed by atoms with E-state index in [2.05, 4.69) is 5.32 Å². The number of benzene rings is 2. The molecule has 146 valence electrons. The maximum Gasteiger partial charge on any atom is 0.340 e. The first-order valence-corrected chi connectivity index (χ1v) is 9.42. The fraction of sp³-hybridized carbons (Fsp3) is 0.286. The van der Waals surface area contributed by atoms with Gasteiger partial charge in [0.2, 0.25) is 11.8 Å². The van der Waals surface area contributed by atoms with Crippen LogP contribution in [0.15, 0.2) is 42.5 Å². The highest BCUT2D eigenvalue weighted by atomic mass is 35.5. The Bertz CT molecular complexity index is 928. The monoisotopic (exact) mass is 400 g/mol. The second-order valence-corrected chi connectivity index (χ2v) is 7.00. The molecule has 1 saturated heterocycles. The van der Waals surface area contributed by atoms with Crippen LogP contribution in [-0.2, 0) is 14.3 Å². The molecule has 0 aromatic heterocycles. The number of carbonyl (C=O) groups is 3. The number of ether oxygens (including phenoxy) is 1. The third kappa shape index (κ3) is 4.17. The highest BCUT2D eigenvalue weighted by Crippen LogP contribution is 2.29. The number of anilines is 2. The van der Waals surface area contributed by atoms with E-state index in [4.69, 9.17) is 16.3 Å². The van der Waals surface area contributed by atoms with Crippen molar-refractivity contribution < 1.29 is 19.1 Å². The number of amides is 2. The van der Waals surface area contributed by atoms with Crippen molar-refractivity contribution in [1.82, 2.24) is 0 Å². The topological polar surface area (TPSA) is 75.7 Å². The molecule has 0 saturated carbocycles. The second-order valence-electron chi connectivity index (χ2n) is 6.59. The summed E-state index contributed by atoms with van der Waals surface area (Å²) < 4.78 is 5.02. The van der Waals surface area contributed by atoms with E-state index in [1.807, 2.05) is 19.1 Å². The number of hydrogen-bond donors (Lipinski definition) is 1. The molecule has 2 aromatic rings. The molecule has 6 nitrogen and oxygen atoms in total. The van der Waals surface area contributed by atoms with Gasteiger partial charge in [-0.15, -0.1) is 0 Å². The molecule has 0 bridgehead atoms. The van der Waals surface area contributed by atoms with Gasteiger partial charge in [0.1, 0.15) is 0 Å². The van der Waals surface area contributed by atoms with Crippen molar-refractivity contribution >= 4 is 40.8 Å². The third-order valence-electron chi connectivity index (χ3n) is 4.64. The number of hydrogen-bond acceptors (Lipinski definition) is 4. The Labute approximate surface area is 168 Å². The third-order valence-corrected chi connectivity index (χ3v) is 5.05. The molecule has 0 aliphatic carbocycles. The normalized spacial score (nSPS) is 16.2. The predicted molar refractivity (Wildman–Crippen MR) is 108 cm³/mol. The van der Waals surface area contributed by atoms with Crippen molar-refractivity contribution in [2.45, 2.75) is 20.3 Å². The number of nitrogens with one attached hydrogen (secondary N) is 1. The number of carbonyl (C=O) groups excluding carboxylic acids is 3. The van der Waals surface area contributed by atoms with Gasteiger partial charge < -0.3 is 15.0 Å². The van der Waals surface area contributed by atoms with Crippen LogP contribution in [0.3, 0.4) is 0 Å². The Morgan fingerprint density at radius 2 is 2.00 bits per heavy atom. The van der Waals surface area contributed by atoms with E-state index in [1.54, 1.807) is 42.2 Å². The Kier molecular flexibility index (Phi) is 5.99. The molecule has 1 atom stereocenters. The van der Waals surface area contributed by atoms with E-state index in [1.165, 1.54) is 0 Å². The summed E-state index contributed by atoms with van der Waals surface area (Å²) in [5.74, 6) is -1.48. The Morgan fingerprint density at radius 1 is 1.25 bits per heavy atom. The van der Waals surface area contributed by atoms with Crippen molar-refractivity contribution in [1.29, 1.82) is 0 Å². The van der Waals surface area contributed by atoms with Crippen LogP contribution in [0.25, 0.3) is 0 Å². The first kappa shape index (κ1) is 19.9. The lowest BCUT2D eigenvalue weighted by Crippen LogP contribution is -2.28. The number of esters is 1. The fourth-order valence-electron chi connectivity index (χ4n) is 3.10. The smallest absolute Gasteiger partial charge is 0.340 e. The maximum absolute atomic E-state index is 12.7. The average Bonchev–Trinajstić information content (AvgIpc) is 3.06. The van der Waals surface area contributed by atoms with E-state index < -0.39 is 11.9 Å². The molecule has 1 heterocycles. The van der Waals surface area contributed by atoms with E-state index in [-0.39, 0.29) is 37.0 Å². The van der Waals surface area contributed by atoms with Gasteiger partial charge in [-0.2, -0.15) is 0 Å². The minimum absolute atomic E-state index is 0.0961. The van der Waals surface area contributed by atoms with Crippen LogP contribution >= 0.6 is 11.6 Å². The van der Waals surface area contributed by atoms with Gasteiger partial charge in [0.05, 0.1) is 23.8 Å². The zero-order valence-corrected chi connectivity index (χ0v) is 16.5. The van der Waals surface area contributed by atoms with E-state index >= 15 is 0 Å². The maximum atomic E-state index is 12.7. The van der Waals surface area contributed by atoms with E-state index in [0.29, 0.717) is 16.4 Å². The van der Waals surface area contributed by atoms with Gasteiger partial charge in [0.25, 0.3) is 0 Å². The van der Waals surface area contributed by atoms with Gasteiger partial charge in [-0.1, -0.05) is 29.8 Å². The lowest BCUT2D eigenvalue weighted by molar-refractivity contribution is -0.122. The van der Waals surface area contributed by atoms with Crippen molar-refractivity contribution in [3.05, 3.63) is 58.6 Å². The molecule has 1 aliphatic heterocycles. The standard InChI is InChI=1S/C21H21ClN2O4/c1-3-28-21(27)16-6-4-5-7-18(16)23-20(26)14-10-19(25)24(12-14)15-9-8-13(2)17(22)11-15/h4-9,11,14H,3,10,12H2,1-2H3,(H,23,26)/t14-/m1/s1.